The number of ether oxygens (including phenoxy) is 1. The molecule has 0 aliphatic heterocycles. The van der Waals surface area contributed by atoms with Crippen LogP contribution in [0.4, 0.5) is 10.5 Å². The largest absolute Gasteiger partial charge is 0.507 e. The SMILES string of the molecule is CC/C=C\C/C=C\C/C=C\CCCCCCCCOC(CC)C(=O)NCCNC(=O)Nc1ccc(O)c(C(=O)O)c1. The minimum Gasteiger partial charge on any atom is -0.507 e. The number of carboxylic acids is 1. The molecular formula is C32H49N3O6. The van der Waals surface area contributed by atoms with Crippen LogP contribution in [-0.4, -0.2) is 53.9 Å². The Morgan fingerprint density at radius 2 is 1.49 bits per heavy atom. The predicted octanol–water partition coefficient (Wildman–Crippen LogP) is 6.71. The number of aromatic carboxylic acids is 1. The zero-order valence-electron chi connectivity index (χ0n) is 24.7. The molecule has 1 unspecified atom stereocenters. The van der Waals surface area contributed by atoms with E-state index in [0.717, 1.165) is 44.6 Å². The molecule has 3 amide bonds. The number of nitrogens with one attached hydrogen (secondary N) is 3. The van der Waals surface area contributed by atoms with E-state index in [4.69, 9.17) is 9.84 Å². The van der Waals surface area contributed by atoms with E-state index in [2.05, 4.69) is 59.3 Å². The first-order valence-corrected chi connectivity index (χ1v) is 14.8. The number of allylic oxidation sites excluding steroid dienone is 6. The predicted molar refractivity (Wildman–Crippen MR) is 164 cm³/mol. The van der Waals surface area contributed by atoms with Gasteiger partial charge in [0.15, 0.2) is 0 Å². The van der Waals surface area contributed by atoms with Gasteiger partial charge in [0.05, 0.1) is 0 Å². The van der Waals surface area contributed by atoms with Gasteiger partial charge in [-0.1, -0.05) is 76.0 Å². The van der Waals surface area contributed by atoms with E-state index in [0.29, 0.717) is 13.0 Å². The molecule has 0 fully saturated rings. The van der Waals surface area contributed by atoms with Crippen molar-refractivity contribution < 1.29 is 29.3 Å². The van der Waals surface area contributed by atoms with Gasteiger partial charge in [0.25, 0.3) is 0 Å². The van der Waals surface area contributed by atoms with Crippen molar-refractivity contribution >= 4 is 23.6 Å². The van der Waals surface area contributed by atoms with E-state index in [1.807, 2.05) is 6.92 Å². The van der Waals surface area contributed by atoms with E-state index >= 15 is 0 Å². The maximum Gasteiger partial charge on any atom is 0.339 e. The Balaban J connectivity index is 2.06. The van der Waals surface area contributed by atoms with Crippen LogP contribution in [0.15, 0.2) is 54.7 Å². The topological polar surface area (TPSA) is 137 Å². The van der Waals surface area contributed by atoms with Crippen LogP contribution in [0, 0.1) is 0 Å². The van der Waals surface area contributed by atoms with Crippen LogP contribution in [0.2, 0.25) is 0 Å². The second-order valence-electron chi connectivity index (χ2n) is 9.68. The van der Waals surface area contributed by atoms with Crippen molar-refractivity contribution in [2.45, 2.75) is 90.6 Å². The van der Waals surface area contributed by atoms with Gasteiger partial charge < -0.3 is 30.9 Å². The van der Waals surface area contributed by atoms with Gasteiger partial charge in [0, 0.05) is 25.4 Å². The second-order valence-corrected chi connectivity index (χ2v) is 9.68. The fourth-order valence-corrected chi connectivity index (χ4v) is 3.94. The van der Waals surface area contributed by atoms with Crippen molar-refractivity contribution in [2.24, 2.45) is 0 Å². The number of carbonyl (C=O) groups excluding carboxylic acids is 2. The van der Waals surface area contributed by atoms with Crippen LogP contribution < -0.4 is 16.0 Å². The van der Waals surface area contributed by atoms with Gasteiger partial charge in [-0.15, -0.1) is 0 Å². The number of carbonyl (C=O) groups is 3. The van der Waals surface area contributed by atoms with Gasteiger partial charge >= 0.3 is 12.0 Å². The smallest absolute Gasteiger partial charge is 0.339 e. The summed E-state index contributed by atoms with van der Waals surface area (Å²) in [7, 11) is 0. The maximum absolute atomic E-state index is 12.4. The van der Waals surface area contributed by atoms with Gasteiger partial charge in [0.1, 0.15) is 17.4 Å². The van der Waals surface area contributed by atoms with Gasteiger partial charge in [0.2, 0.25) is 5.91 Å². The molecule has 0 spiro atoms. The summed E-state index contributed by atoms with van der Waals surface area (Å²) in [5, 5.41) is 26.4. The van der Waals surface area contributed by atoms with E-state index < -0.39 is 18.1 Å². The first kappa shape index (κ1) is 35.4. The van der Waals surface area contributed by atoms with Gasteiger partial charge in [-0.25, -0.2) is 9.59 Å². The number of hydrogen-bond donors (Lipinski definition) is 5. The average molecular weight is 572 g/mol. The minimum atomic E-state index is -1.30. The normalized spacial score (nSPS) is 12.2. The third-order valence-electron chi connectivity index (χ3n) is 6.22. The number of amides is 3. The highest BCUT2D eigenvalue weighted by Gasteiger charge is 2.16. The lowest BCUT2D eigenvalue weighted by atomic mass is 10.1. The highest BCUT2D eigenvalue weighted by Crippen LogP contribution is 2.21. The third kappa shape index (κ3) is 17.7. The van der Waals surface area contributed by atoms with Crippen molar-refractivity contribution in [1.82, 2.24) is 10.6 Å². The van der Waals surface area contributed by atoms with Crippen LogP contribution in [-0.2, 0) is 9.53 Å². The van der Waals surface area contributed by atoms with Crippen molar-refractivity contribution in [2.75, 3.05) is 25.0 Å². The van der Waals surface area contributed by atoms with Crippen LogP contribution in [0.1, 0.15) is 94.8 Å². The number of benzene rings is 1. The molecule has 0 saturated carbocycles. The van der Waals surface area contributed by atoms with Crippen LogP contribution >= 0.6 is 0 Å². The number of urea groups is 1. The van der Waals surface area contributed by atoms with Crippen molar-refractivity contribution in [3.05, 3.63) is 60.2 Å². The number of unbranched alkanes of at least 4 members (excludes halogenated alkanes) is 6. The van der Waals surface area contributed by atoms with Gasteiger partial charge in [-0.05, 0) is 63.1 Å². The molecule has 1 rings (SSSR count). The quantitative estimate of drug-likeness (QED) is 0.0596. The van der Waals surface area contributed by atoms with E-state index in [-0.39, 0.29) is 36.0 Å². The molecule has 228 valence electrons. The van der Waals surface area contributed by atoms with Crippen molar-refractivity contribution in [3.8, 4) is 5.75 Å². The van der Waals surface area contributed by atoms with Crippen molar-refractivity contribution in [1.29, 1.82) is 0 Å². The Morgan fingerprint density at radius 1 is 0.854 bits per heavy atom. The molecule has 0 bridgehead atoms. The fourth-order valence-electron chi connectivity index (χ4n) is 3.94. The minimum absolute atomic E-state index is 0.182. The van der Waals surface area contributed by atoms with Crippen molar-refractivity contribution in [3.63, 3.8) is 0 Å². The summed E-state index contributed by atoms with van der Waals surface area (Å²) >= 11 is 0. The summed E-state index contributed by atoms with van der Waals surface area (Å²) in [5.74, 6) is -1.90. The van der Waals surface area contributed by atoms with E-state index in [9.17, 15) is 19.5 Å². The number of anilines is 1. The second kappa shape index (κ2) is 23.1. The molecule has 0 aromatic heterocycles. The first-order chi connectivity index (χ1) is 19.9. The Labute approximate surface area is 245 Å². The molecule has 0 radical (unpaired) electrons. The molecule has 9 heteroatoms. The summed E-state index contributed by atoms with van der Waals surface area (Å²) in [6, 6.07) is 3.19. The average Bonchev–Trinajstić information content (AvgIpc) is 2.95. The molecule has 1 atom stereocenters. The summed E-state index contributed by atoms with van der Waals surface area (Å²) < 4.78 is 5.77. The Kier molecular flexibility index (Phi) is 20.0. The summed E-state index contributed by atoms with van der Waals surface area (Å²) in [4.78, 5) is 35.5. The Bertz CT molecular complexity index is 990. The lowest BCUT2D eigenvalue weighted by Gasteiger charge is -2.16. The summed E-state index contributed by atoms with van der Waals surface area (Å²) in [6.07, 6.45) is 24.4. The number of phenols is 1. The lowest BCUT2D eigenvalue weighted by molar-refractivity contribution is -0.133. The summed E-state index contributed by atoms with van der Waals surface area (Å²) in [6.45, 7) is 4.99. The number of carboxylic acid groups (broad SMARTS) is 1. The van der Waals surface area contributed by atoms with Gasteiger partial charge in [-0.2, -0.15) is 0 Å². The molecule has 9 nitrogen and oxygen atoms in total. The van der Waals surface area contributed by atoms with E-state index in [1.54, 1.807) is 0 Å². The highest BCUT2D eigenvalue weighted by atomic mass is 16.5. The van der Waals surface area contributed by atoms with Gasteiger partial charge in [-0.3, -0.25) is 4.79 Å². The molecule has 0 heterocycles. The molecule has 0 saturated heterocycles. The standard InChI is InChI=1S/C32H49N3O6/c1-3-5-6-7-8-9-10-11-12-13-14-15-16-17-18-19-24-41-29(4-2)30(37)33-22-23-34-32(40)35-26-20-21-28(36)27(25-26)31(38)39/h5-6,8-9,11-12,20-21,25,29,36H,3-4,7,10,13-19,22-24H2,1-2H3,(H,33,37)(H,38,39)(H2,34,35,40)/b6-5-,9-8-,12-11-. The monoisotopic (exact) mass is 571 g/mol. The van der Waals surface area contributed by atoms with Crippen LogP contribution in [0.3, 0.4) is 0 Å². The Morgan fingerprint density at radius 3 is 2.17 bits per heavy atom. The molecule has 0 aliphatic carbocycles. The number of hydrogen-bond acceptors (Lipinski definition) is 5. The van der Waals surface area contributed by atoms with E-state index in [1.165, 1.54) is 37.8 Å². The lowest BCUT2D eigenvalue weighted by Crippen LogP contribution is -2.41. The molecule has 41 heavy (non-hydrogen) atoms. The molecular weight excluding hydrogens is 522 g/mol. The van der Waals surface area contributed by atoms with Crippen LogP contribution in [0.25, 0.3) is 0 Å². The molecule has 1 aromatic carbocycles. The summed E-state index contributed by atoms with van der Waals surface area (Å²) in [5.41, 5.74) is -0.0849. The first-order valence-electron chi connectivity index (χ1n) is 14.8. The number of rotatable bonds is 22. The van der Waals surface area contributed by atoms with Crippen LogP contribution in [0.5, 0.6) is 5.75 Å². The molecule has 5 N–H and O–H groups in total. The zero-order chi connectivity index (χ0) is 30.1. The number of aromatic hydroxyl groups is 1. The fraction of sp³-hybridized carbons (Fsp3) is 0.531. The third-order valence-corrected chi connectivity index (χ3v) is 6.22. The highest BCUT2D eigenvalue weighted by molar-refractivity contribution is 5.95. The Hall–Kier alpha value is -3.59. The zero-order valence-corrected chi connectivity index (χ0v) is 24.7. The molecule has 1 aromatic rings. The molecule has 0 aliphatic rings. The maximum atomic E-state index is 12.4.